The number of hydrogen-bond donors (Lipinski definition) is 0. The molecule has 16 heavy (non-hydrogen) atoms. The zero-order chi connectivity index (χ0) is 12.3. The van der Waals surface area contributed by atoms with E-state index in [4.69, 9.17) is 0 Å². The largest absolute Gasteiger partial charge is 0.298 e. The van der Waals surface area contributed by atoms with Crippen molar-refractivity contribution in [1.29, 1.82) is 0 Å². The number of carbonyl (C=O) groups is 2. The fraction of sp³-hybridized carbons (Fsp3) is 0.200. The molecule has 84 valence electrons. The number of hydrogen-bond acceptors (Lipinski definition) is 4. The minimum absolute atomic E-state index is 0.00904. The number of ketones is 1. The molecule has 0 radical (unpaired) electrons. The summed E-state index contributed by atoms with van der Waals surface area (Å²) < 4.78 is 0. The van der Waals surface area contributed by atoms with Crippen LogP contribution in [0.25, 0.3) is 0 Å². The van der Waals surface area contributed by atoms with E-state index >= 15 is 0 Å². The highest BCUT2D eigenvalue weighted by molar-refractivity contribution is 9.09. The van der Waals surface area contributed by atoms with Gasteiger partial charge in [0.2, 0.25) is 0 Å². The van der Waals surface area contributed by atoms with Crippen molar-refractivity contribution in [2.45, 2.75) is 6.92 Å². The third-order valence-corrected chi connectivity index (χ3v) is 2.58. The van der Waals surface area contributed by atoms with Crippen LogP contribution in [0.5, 0.6) is 0 Å². The average molecular weight is 286 g/mol. The Bertz CT molecular complexity index is 470. The van der Waals surface area contributed by atoms with Crippen LogP contribution in [-0.4, -0.2) is 22.3 Å². The summed E-state index contributed by atoms with van der Waals surface area (Å²) in [5.41, 5.74) is 0.343. The van der Waals surface area contributed by atoms with Crippen LogP contribution < -0.4 is 0 Å². The standard InChI is InChI=1S/C10H8BrNO4/c1-6-2-7(5-13)3-8(12(15)16)10(6)9(14)4-11/h2-3,5H,4H2,1H3. The number of nitro groups is 1. The number of benzene rings is 1. The minimum atomic E-state index is -0.657. The van der Waals surface area contributed by atoms with Gasteiger partial charge in [0.05, 0.1) is 15.8 Å². The Balaban J connectivity index is 3.51. The van der Waals surface area contributed by atoms with Crippen LogP contribution in [0.4, 0.5) is 5.69 Å². The summed E-state index contributed by atoms with van der Waals surface area (Å²) in [6, 6.07) is 2.56. The fourth-order valence-corrected chi connectivity index (χ4v) is 1.72. The number of rotatable bonds is 4. The molecule has 0 fully saturated rings. The van der Waals surface area contributed by atoms with Crippen molar-refractivity contribution in [3.8, 4) is 0 Å². The van der Waals surface area contributed by atoms with Crippen molar-refractivity contribution in [3.63, 3.8) is 0 Å². The molecule has 0 unspecified atom stereocenters. The van der Waals surface area contributed by atoms with Gasteiger partial charge in [0.15, 0.2) is 5.78 Å². The average Bonchev–Trinajstić information content (AvgIpc) is 2.26. The monoisotopic (exact) mass is 285 g/mol. The number of halogens is 1. The van der Waals surface area contributed by atoms with Gasteiger partial charge in [0.1, 0.15) is 6.29 Å². The number of carbonyl (C=O) groups excluding carboxylic acids is 2. The van der Waals surface area contributed by atoms with Crippen molar-refractivity contribution in [2.24, 2.45) is 0 Å². The lowest BCUT2D eigenvalue weighted by molar-refractivity contribution is -0.385. The highest BCUT2D eigenvalue weighted by atomic mass is 79.9. The maximum Gasteiger partial charge on any atom is 0.281 e. The second-order valence-corrected chi connectivity index (χ2v) is 3.72. The van der Waals surface area contributed by atoms with E-state index in [1.165, 1.54) is 6.07 Å². The van der Waals surface area contributed by atoms with Crippen molar-refractivity contribution in [2.75, 3.05) is 5.33 Å². The van der Waals surface area contributed by atoms with E-state index in [1.54, 1.807) is 6.92 Å². The van der Waals surface area contributed by atoms with E-state index in [1.807, 2.05) is 0 Å². The summed E-state index contributed by atoms with van der Waals surface area (Å²) in [7, 11) is 0. The molecule has 0 aliphatic heterocycles. The van der Waals surface area contributed by atoms with E-state index in [0.29, 0.717) is 11.8 Å². The number of aryl methyl sites for hydroxylation is 1. The minimum Gasteiger partial charge on any atom is -0.298 e. The maximum atomic E-state index is 11.5. The quantitative estimate of drug-likeness (QED) is 0.280. The molecule has 0 aliphatic rings. The van der Waals surface area contributed by atoms with E-state index in [9.17, 15) is 19.7 Å². The topological polar surface area (TPSA) is 77.3 Å². The molecule has 1 aromatic carbocycles. The van der Waals surface area contributed by atoms with Crippen molar-refractivity contribution in [3.05, 3.63) is 38.9 Å². The van der Waals surface area contributed by atoms with Crippen molar-refractivity contribution < 1.29 is 14.5 Å². The molecule has 6 heteroatoms. The normalized spacial score (nSPS) is 9.88. The SMILES string of the molecule is Cc1cc(C=O)cc([N+](=O)[O-])c1C(=O)CBr. The van der Waals surface area contributed by atoms with Gasteiger partial charge in [-0.25, -0.2) is 0 Å². The van der Waals surface area contributed by atoms with Gasteiger partial charge in [-0.2, -0.15) is 0 Å². The number of nitrogens with zero attached hydrogens (tertiary/aromatic N) is 1. The van der Waals surface area contributed by atoms with Gasteiger partial charge < -0.3 is 0 Å². The molecule has 0 spiro atoms. The summed E-state index contributed by atoms with van der Waals surface area (Å²) in [5.74, 6) is -0.373. The molecular weight excluding hydrogens is 278 g/mol. The Labute approximate surface area is 99.7 Å². The lowest BCUT2D eigenvalue weighted by Gasteiger charge is -2.05. The molecule has 0 atom stereocenters. The zero-order valence-electron chi connectivity index (χ0n) is 8.40. The molecule has 0 aromatic heterocycles. The van der Waals surface area contributed by atoms with Crippen molar-refractivity contribution in [1.82, 2.24) is 0 Å². The van der Waals surface area contributed by atoms with Gasteiger partial charge in [0, 0.05) is 11.6 Å². The van der Waals surface area contributed by atoms with Gasteiger partial charge in [-0.05, 0) is 18.6 Å². The summed E-state index contributed by atoms with van der Waals surface area (Å²) in [5, 5.41) is 10.8. The van der Waals surface area contributed by atoms with Crippen LogP contribution in [-0.2, 0) is 0 Å². The molecule has 1 aromatic rings. The summed E-state index contributed by atoms with van der Waals surface area (Å²) in [6.07, 6.45) is 0.516. The number of Topliss-reactive ketones (excluding diaryl/α,β-unsaturated/α-hetero) is 1. The van der Waals surface area contributed by atoms with E-state index in [-0.39, 0.29) is 27.9 Å². The highest BCUT2D eigenvalue weighted by Crippen LogP contribution is 2.24. The second-order valence-electron chi connectivity index (χ2n) is 3.16. The third-order valence-electron chi connectivity index (χ3n) is 2.07. The van der Waals surface area contributed by atoms with Crippen LogP contribution >= 0.6 is 15.9 Å². The van der Waals surface area contributed by atoms with E-state index < -0.39 is 4.92 Å². The van der Waals surface area contributed by atoms with Gasteiger partial charge >= 0.3 is 0 Å². The molecular formula is C10H8BrNO4. The second kappa shape index (κ2) is 4.98. The maximum absolute atomic E-state index is 11.5. The van der Waals surface area contributed by atoms with Gasteiger partial charge in [-0.1, -0.05) is 15.9 Å². The highest BCUT2D eigenvalue weighted by Gasteiger charge is 2.22. The predicted molar refractivity (Wildman–Crippen MR) is 61.3 cm³/mol. The number of aldehydes is 1. The molecule has 1 rings (SSSR count). The Hall–Kier alpha value is -1.56. The summed E-state index contributed by atoms with van der Waals surface area (Å²) >= 11 is 2.96. The first-order chi connectivity index (χ1) is 7.51. The first-order valence-corrected chi connectivity index (χ1v) is 5.46. The number of nitro benzene ring substituents is 1. The van der Waals surface area contributed by atoms with Crippen LogP contribution in [0.1, 0.15) is 26.3 Å². The Morgan fingerprint density at radius 3 is 2.62 bits per heavy atom. The van der Waals surface area contributed by atoms with Crippen LogP contribution in [0.2, 0.25) is 0 Å². The molecule has 0 heterocycles. The summed E-state index contributed by atoms with van der Waals surface area (Å²) in [4.78, 5) is 32.2. The Kier molecular flexibility index (Phi) is 3.89. The van der Waals surface area contributed by atoms with Crippen LogP contribution in [0, 0.1) is 17.0 Å². The molecule has 0 N–H and O–H groups in total. The Morgan fingerprint density at radius 2 is 2.19 bits per heavy atom. The van der Waals surface area contributed by atoms with Gasteiger partial charge in [-0.3, -0.25) is 19.7 Å². The molecule has 0 saturated carbocycles. The lowest BCUT2D eigenvalue weighted by atomic mass is 10.0. The molecule has 0 aliphatic carbocycles. The van der Waals surface area contributed by atoms with Crippen LogP contribution in [0.3, 0.4) is 0 Å². The molecule has 5 nitrogen and oxygen atoms in total. The van der Waals surface area contributed by atoms with E-state index in [0.717, 1.165) is 6.07 Å². The third kappa shape index (κ3) is 2.33. The predicted octanol–water partition coefficient (Wildman–Crippen LogP) is 2.29. The zero-order valence-corrected chi connectivity index (χ0v) is 9.98. The van der Waals surface area contributed by atoms with Crippen LogP contribution in [0.15, 0.2) is 12.1 Å². The molecule has 0 saturated heterocycles. The summed E-state index contributed by atoms with van der Waals surface area (Å²) in [6.45, 7) is 1.57. The van der Waals surface area contributed by atoms with Crippen molar-refractivity contribution >= 4 is 33.7 Å². The first-order valence-electron chi connectivity index (χ1n) is 4.34. The van der Waals surface area contributed by atoms with E-state index in [2.05, 4.69) is 15.9 Å². The molecule has 0 bridgehead atoms. The number of alkyl halides is 1. The smallest absolute Gasteiger partial charge is 0.281 e. The fourth-order valence-electron chi connectivity index (χ4n) is 1.44. The molecule has 0 amide bonds. The first kappa shape index (κ1) is 12.5. The van der Waals surface area contributed by atoms with Gasteiger partial charge in [0.25, 0.3) is 5.69 Å². The lowest BCUT2D eigenvalue weighted by Crippen LogP contribution is -2.08. The van der Waals surface area contributed by atoms with Gasteiger partial charge in [-0.15, -0.1) is 0 Å². The Morgan fingerprint density at radius 1 is 1.56 bits per heavy atom.